The van der Waals surface area contributed by atoms with E-state index in [-0.39, 0.29) is 34.5 Å². The van der Waals surface area contributed by atoms with E-state index in [1.165, 1.54) is 17.0 Å². The summed E-state index contributed by atoms with van der Waals surface area (Å²) in [6.07, 6.45) is 0.366. The number of amides is 2. The normalized spacial score (nSPS) is 19.0. The van der Waals surface area contributed by atoms with Crippen molar-refractivity contribution in [2.75, 3.05) is 24.6 Å². The highest BCUT2D eigenvalue weighted by Crippen LogP contribution is 2.25. The van der Waals surface area contributed by atoms with Gasteiger partial charge in [0.1, 0.15) is 0 Å². The van der Waals surface area contributed by atoms with E-state index in [9.17, 15) is 28.1 Å². The Morgan fingerprint density at radius 3 is 2.67 bits per heavy atom. The number of thiophene rings is 1. The molecule has 2 heterocycles. The first kappa shape index (κ1) is 18.3. The number of carbonyl (C=O) groups excluding carboxylic acids is 2. The summed E-state index contributed by atoms with van der Waals surface area (Å²) in [5, 5.41) is 13.1. The summed E-state index contributed by atoms with van der Waals surface area (Å²) < 4.78 is 22.8. The molecule has 1 fully saturated rings. The van der Waals surface area contributed by atoms with Crippen LogP contribution in [-0.2, 0) is 14.6 Å². The molecular weight excluding hydrogens is 358 g/mol. The Bertz CT molecular complexity index is 758. The highest BCUT2D eigenvalue weighted by atomic mass is 32.2. The molecule has 2 rings (SSSR count). The molecule has 9 nitrogen and oxygen atoms in total. The van der Waals surface area contributed by atoms with Crippen molar-refractivity contribution in [2.24, 2.45) is 0 Å². The molecule has 0 spiro atoms. The summed E-state index contributed by atoms with van der Waals surface area (Å²) >= 11 is 0.751. The second-order valence-corrected chi connectivity index (χ2v) is 8.67. The molecule has 2 amide bonds. The van der Waals surface area contributed by atoms with E-state index in [1.807, 2.05) is 0 Å². The minimum Gasteiger partial charge on any atom is -0.351 e. The Hall–Kier alpha value is -2.01. The topological polar surface area (TPSA) is 127 Å². The van der Waals surface area contributed by atoms with Gasteiger partial charge < -0.3 is 10.2 Å². The van der Waals surface area contributed by atoms with Crippen LogP contribution in [-0.4, -0.2) is 60.7 Å². The first-order valence-electron chi connectivity index (χ1n) is 7.25. The average Bonchev–Trinajstić information content (AvgIpc) is 3.11. The number of nitro groups is 1. The zero-order valence-corrected chi connectivity index (χ0v) is 14.6. The van der Waals surface area contributed by atoms with Crippen LogP contribution < -0.4 is 5.32 Å². The Balaban J connectivity index is 1.96. The predicted octanol–water partition coefficient (Wildman–Crippen LogP) is 0.422. The number of likely N-dealkylation sites (N-methyl/N-ethyl adjacent to an activating group) is 1. The molecule has 11 heteroatoms. The molecule has 132 valence electrons. The van der Waals surface area contributed by atoms with Gasteiger partial charge in [-0.2, -0.15) is 0 Å². The highest BCUT2D eigenvalue weighted by molar-refractivity contribution is 7.91. The van der Waals surface area contributed by atoms with Gasteiger partial charge in [0.05, 0.1) is 27.9 Å². The Morgan fingerprint density at radius 2 is 2.17 bits per heavy atom. The van der Waals surface area contributed by atoms with Gasteiger partial charge in [-0.15, -0.1) is 0 Å². The van der Waals surface area contributed by atoms with Crippen molar-refractivity contribution in [3.63, 3.8) is 0 Å². The van der Waals surface area contributed by atoms with Crippen LogP contribution in [0.4, 0.5) is 5.00 Å². The van der Waals surface area contributed by atoms with Gasteiger partial charge in [0.2, 0.25) is 5.91 Å². The molecule has 1 N–H and O–H groups in total. The van der Waals surface area contributed by atoms with Crippen molar-refractivity contribution in [1.82, 2.24) is 10.2 Å². The van der Waals surface area contributed by atoms with Crippen molar-refractivity contribution in [1.29, 1.82) is 0 Å². The number of sulfone groups is 1. The fourth-order valence-corrected chi connectivity index (χ4v) is 4.84. The summed E-state index contributed by atoms with van der Waals surface area (Å²) in [5.74, 6) is -0.952. The van der Waals surface area contributed by atoms with Crippen LogP contribution in [0.15, 0.2) is 12.1 Å². The minimum atomic E-state index is -3.10. The lowest BCUT2D eigenvalue weighted by Gasteiger charge is -2.20. The summed E-state index contributed by atoms with van der Waals surface area (Å²) in [4.78, 5) is 35.9. The van der Waals surface area contributed by atoms with Gasteiger partial charge in [-0.1, -0.05) is 11.3 Å². The van der Waals surface area contributed by atoms with Gasteiger partial charge in [0.15, 0.2) is 9.84 Å². The molecule has 24 heavy (non-hydrogen) atoms. The van der Waals surface area contributed by atoms with Crippen molar-refractivity contribution < 1.29 is 22.9 Å². The number of rotatable bonds is 6. The summed E-state index contributed by atoms with van der Waals surface area (Å²) in [5.41, 5.74) is 0. The molecule has 1 aromatic rings. The van der Waals surface area contributed by atoms with Crippen LogP contribution >= 0.6 is 11.3 Å². The maximum Gasteiger partial charge on any atom is 0.324 e. The van der Waals surface area contributed by atoms with Gasteiger partial charge in [-0.25, -0.2) is 8.42 Å². The lowest BCUT2D eigenvalue weighted by Crippen LogP contribution is -2.44. The Kier molecular flexibility index (Phi) is 5.54. The smallest absolute Gasteiger partial charge is 0.324 e. The summed E-state index contributed by atoms with van der Waals surface area (Å²) in [6.45, 7) is 1.71. The molecule has 1 aliphatic heterocycles. The molecule has 1 saturated heterocycles. The van der Waals surface area contributed by atoms with E-state index in [4.69, 9.17) is 0 Å². The van der Waals surface area contributed by atoms with E-state index in [2.05, 4.69) is 5.32 Å². The molecule has 1 aliphatic rings. The zero-order valence-electron chi connectivity index (χ0n) is 12.9. The third kappa shape index (κ3) is 4.51. The van der Waals surface area contributed by atoms with Gasteiger partial charge >= 0.3 is 5.00 Å². The molecule has 0 saturated carbocycles. The monoisotopic (exact) mass is 375 g/mol. The van der Waals surface area contributed by atoms with Gasteiger partial charge in [0, 0.05) is 18.7 Å². The molecule has 0 radical (unpaired) electrons. The largest absolute Gasteiger partial charge is 0.351 e. The second kappa shape index (κ2) is 7.26. The molecular formula is C13H17N3O6S2. The highest BCUT2D eigenvalue weighted by Gasteiger charge is 2.29. The van der Waals surface area contributed by atoms with Crippen molar-refractivity contribution in [3.05, 3.63) is 27.1 Å². The number of hydrogen-bond donors (Lipinski definition) is 1. The SMILES string of the molecule is CCN(CC(=O)N[C@@H]1CCS(=O)(=O)C1)C(=O)c1ccc([N+](=O)[O-])s1. The second-order valence-electron chi connectivity index (χ2n) is 5.38. The molecule has 0 aliphatic carbocycles. The predicted molar refractivity (Wildman–Crippen MR) is 87.8 cm³/mol. The Morgan fingerprint density at radius 1 is 1.46 bits per heavy atom. The first-order valence-corrected chi connectivity index (χ1v) is 9.89. The quantitative estimate of drug-likeness (QED) is 0.567. The van der Waals surface area contributed by atoms with Crippen LogP contribution in [0.1, 0.15) is 23.0 Å². The van der Waals surface area contributed by atoms with Gasteiger partial charge in [-0.3, -0.25) is 19.7 Å². The van der Waals surface area contributed by atoms with Gasteiger partial charge in [-0.05, 0) is 19.4 Å². The van der Waals surface area contributed by atoms with E-state index >= 15 is 0 Å². The maximum absolute atomic E-state index is 12.3. The molecule has 0 unspecified atom stereocenters. The number of hydrogen-bond acceptors (Lipinski definition) is 7. The standard InChI is InChI=1S/C13H17N3O6S2/c1-2-15(13(18)10-3-4-12(23-10)16(19)20)7-11(17)14-9-5-6-24(21,22)8-9/h3-4,9H,2,5-8H2,1H3,(H,14,17)/t9-/m1/s1. The number of nitrogens with zero attached hydrogens (tertiary/aromatic N) is 2. The van der Waals surface area contributed by atoms with Crippen molar-refractivity contribution in [2.45, 2.75) is 19.4 Å². The Labute approximate surface area is 142 Å². The molecule has 1 atom stereocenters. The van der Waals surface area contributed by atoms with Crippen molar-refractivity contribution >= 4 is 38.0 Å². The van der Waals surface area contributed by atoms with Gasteiger partial charge in [0.25, 0.3) is 5.91 Å². The summed E-state index contributed by atoms with van der Waals surface area (Å²) in [7, 11) is -3.10. The first-order chi connectivity index (χ1) is 11.2. The van der Waals surface area contributed by atoms with Crippen LogP contribution in [0.2, 0.25) is 0 Å². The summed E-state index contributed by atoms with van der Waals surface area (Å²) in [6, 6.07) is 2.17. The average molecular weight is 375 g/mol. The van der Waals surface area contributed by atoms with Crippen LogP contribution in [0.25, 0.3) is 0 Å². The van der Waals surface area contributed by atoms with E-state index < -0.39 is 32.6 Å². The molecule has 0 aromatic carbocycles. The fourth-order valence-electron chi connectivity index (χ4n) is 2.38. The van der Waals surface area contributed by atoms with E-state index in [1.54, 1.807) is 6.92 Å². The zero-order chi connectivity index (χ0) is 17.9. The van der Waals surface area contributed by atoms with Crippen LogP contribution in [0.3, 0.4) is 0 Å². The number of carbonyl (C=O) groups is 2. The maximum atomic E-state index is 12.3. The number of nitrogens with one attached hydrogen (secondary N) is 1. The van der Waals surface area contributed by atoms with E-state index in [0.29, 0.717) is 6.42 Å². The lowest BCUT2D eigenvalue weighted by atomic mass is 10.2. The minimum absolute atomic E-state index is 0.0488. The molecule has 1 aromatic heterocycles. The van der Waals surface area contributed by atoms with E-state index in [0.717, 1.165) is 11.3 Å². The lowest BCUT2D eigenvalue weighted by molar-refractivity contribution is -0.380. The fraction of sp³-hybridized carbons (Fsp3) is 0.538. The molecule has 0 bridgehead atoms. The third-order valence-electron chi connectivity index (χ3n) is 3.58. The van der Waals surface area contributed by atoms with Crippen LogP contribution in [0, 0.1) is 10.1 Å². The van der Waals surface area contributed by atoms with Crippen molar-refractivity contribution in [3.8, 4) is 0 Å². The van der Waals surface area contributed by atoms with Crippen LogP contribution in [0.5, 0.6) is 0 Å². The third-order valence-corrected chi connectivity index (χ3v) is 6.38.